The summed E-state index contributed by atoms with van der Waals surface area (Å²) in [6.45, 7) is 3.99. The van der Waals surface area contributed by atoms with Crippen molar-refractivity contribution in [2.75, 3.05) is 6.54 Å². The summed E-state index contributed by atoms with van der Waals surface area (Å²) in [5.74, 6) is 2.37. The van der Waals surface area contributed by atoms with E-state index in [9.17, 15) is 0 Å². The average molecular weight is 452 g/mol. The van der Waals surface area contributed by atoms with Crippen molar-refractivity contribution in [3.63, 3.8) is 0 Å². The third kappa shape index (κ3) is 5.59. The van der Waals surface area contributed by atoms with Gasteiger partial charge in [-0.2, -0.15) is 5.10 Å². The molecular formula is C17H21IN6O. The van der Waals surface area contributed by atoms with Gasteiger partial charge in [-0.25, -0.2) is 9.98 Å². The Morgan fingerprint density at radius 3 is 2.88 bits per heavy atom. The van der Waals surface area contributed by atoms with E-state index in [2.05, 4.69) is 36.9 Å². The molecular weight excluding hydrogens is 431 g/mol. The van der Waals surface area contributed by atoms with Crippen LogP contribution in [0.4, 0.5) is 0 Å². The third-order valence-corrected chi connectivity index (χ3v) is 3.39. The Bertz CT molecular complexity index is 770. The Labute approximate surface area is 163 Å². The van der Waals surface area contributed by atoms with Gasteiger partial charge >= 0.3 is 0 Å². The highest BCUT2D eigenvalue weighted by molar-refractivity contribution is 14.0. The second kappa shape index (κ2) is 9.82. The van der Waals surface area contributed by atoms with Crippen LogP contribution in [0, 0.1) is 0 Å². The SMILES string of the molecule is CCNC(=NCc1cccc(-c2ncn[nH]2)c1)NCc1ccco1.I. The van der Waals surface area contributed by atoms with Gasteiger partial charge < -0.3 is 15.1 Å². The molecule has 132 valence electrons. The van der Waals surface area contributed by atoms with Gasteiger partial charge in [0, 0.05) is 12.1 Å². The minimum Gasteiger partial charge on any atom is -0.467 e. The summed E-state index contributed by atoms with van der Waals surface area (Å²) in [5.41, 5.74) is 2.09. The number of aliphatic imine (C=N–C) groups is 1. The molecule has 0 aliphatic heterocycles. The zero-order chi connectivity index (χ0) is 16.6. The van der Waals surface area contributed by atoms with Gasteiger partial charge in [0.2, 0.25) is 0 Å². The van der Waals surface area contributed by atoms with E-state index in [4.69, 9.17) is 4.42 Å². The van der Waals surface area contributed by atoms with Crippen molar-refractivity contribution in [2.45, 2.75) is 20.0 Å². The van der Waals surface area contributed by atoms with Crippen LogP contribution in [0.3, 0.4) is 0 Å². The number of aromatic amines is 1. The maximum Gasteiger partial charge on any atom is 0.191 e. The fourth-order valence-corrected chi connectivity index (χ4v) is 2.26. The zero-order valence-corrected chi connectivity index (χ0v) is 16.2. The number of aromatic nitrogens is 3. The molecule has 0 saturated carbocycles. The number of furan rings is 1. The van der Waals surface area contributed by atoms with Gasteiger partial charge in [-0.3, -0.25) is 5.10 Å². The lowest BCUT2D eigenvalue weighted by Crippen LogP contribution is -2.36. The first-order valence-corrected chi connectivity index (χ1v) is 7.84. The molecule has 1 aromatic carbocycles. The number of halogens is 1. The summed E-state index contributed by atoms with van der Waals surface area (Å²) in [4.78, 5) is 8.78. The summed E-state index contributed by atoms with van der Waals surface area (Å²) in [5, 5.41) is 13.2. The zero-order valence-electron chi connectivity index (χ0n) is 13.9. The van der Waals surface area contributed by atoms with Crippen molar-refractivity contribution in [3.8, 4) is 11.4 Å². The van der Waals surface area contributed by atoms with Crippen LogP contribution in [0.25, 0.3) is 11.4 Å². The van der Waals surface area contributed by atoms with Crippen LogP contribution in [0.1, 0.15) is 18.2 Å². The molecule has 2 aromatic heterocycles. The summed E-state index contributed by atoms with van der Waals surface area (Å²) in [6, 6.07) is 11.9. The molecule has 8 heteroatoms. The molecule has 3 N–H and O–H groups in total. The summed E-state index contributed by atoms with van der Waals surface area (Å²) in [7, 11) is 0. The van der Waals surface area contributed by atoms with Crippen LogP contribution in [-0.4, -0.2) is 27.7 Å². The quantitative estimate of drug-likeness (QED) is 0.304. The summed E-state index contributed by atoms with van der Waals surface area (Å²) >= 11 is 0. The Balaban J connectivity index is 0.00000225. The van der Waals surface area contributed by atoms with E-state index in [1.165, 1.54) is 6.33 Å². The number of H-pyrrole nitrogens is 1. The van der Waals surface area contributed by atoms with Crippen LogP contribution in [0.2, 0.25) is 0 Å². The lowest BCUT2D eigenvalue weighted by Gasteiger charge is -2.10. The van der Waals surface area contributed by atoms with E-state index in [0.717, 1.165) is 35.2 Å². The molecule has 3 rings (SSSR count). The topological polar surface area (TPSA) is 91.1 Å². The average Bonchev–Trinajstić information content (AvgIpc) is 3.31. The van der Waals surface area contributed by atoms with Crippen LogP contribution in [0.5, 0.6) is 0 Å². The third-order valence-electron chi connectivity index (χ3n) is 3.39. The van der Waals surface area contributed by atoms with Crippen molar-refractivity contribution in [1.82, 2.24) is 25.8 Å². The van der Waals surface area contributed by atoms with Gasteiger partial charge in [0.15, 0.2) is 11.8 Å². The highest BCUT2D eigenvalue weighted by atomic mass is 127. The molecule has 0 aliphatic rings. The van der Waals surface area contributed by atoms with Crippen molar-refractivity contribution in [3.05, 3.63) is 60.3 Å². The maximum absolute atomic E-state index is 5.32. The van der Waals surface area contributed by atoms with Crippen LogP contribution >= 0.6 is 24.0 Å². The van der Waals surface area contributed by atoms with Crippen molar-refractivity contribution in [1.29, 1.82) is 0 Å². The van der Waals surface area contributed by atoms with Crippen LogP contribution in [0.15, 0.2) is 58.4 Å². The Morgan fingerprint density at radius 1 is 1.24 bits per heavy atom. The fraction of sp³-hybridized carbons (Fsp3) is 0.235. The van der Waals surface area contributed by atoms with Gasteiger partial charge in [0.1, 0.15) is 12.1 Å². The number of benzene rings is 1. The highest BCUT2D eigenvalue weighted by Gasteiger charge is 2.03. The van der Waals surface area contributed by atoms with E-state index in [1.54, 1.807) is 6.26 Å². The summed E-state index contributed by atoms with van der Waals surface area (Å²) < 4.78 is 5.32. The van der Waals surface area contributed by atoms with E-state index < -0.39 is 0 Å². The molecule has 0 amide bonds. The molecule has 0 aliphatic carbocycles. The van der Waals surface area contributed by atoms with Gasteiger partial charge in [-0.1, -0.05) is 18.2 Å². The number of hydrogen-bond donors (Lipinski definition) is 3. The lowest BCUT2D eigenvalue weighted by molar-refractivity contribution is 0.501. The summed E-state index contributed by atoms with van der Waals surface area (Å²) in [6.07, 6.45) is 3.16. The van der Waals surface area contributed by atoms with Gasteiger partial charge in [0.25, 0.3) is 0 Å². The van der Waals surface area contributed by atoms with Gasteiger partial charge in [-0.15, -0.1) is 24.0 Å². The largest absolute Gasteiger partial charge is 0.467 e. The molecule has 25 heavy (non-hydrogen) atoms. The molecule has 0 saturated heterocycles. The maximum atomic E-state index is 5.32. The van der Waals surface area contributed by atoms with E-state index in [1.807, 2.05) is 37.3 Å². The molecule has 3 aromatic rings. The number of rotatable bonds is 6. The highest BCUT2D eigenvalue weighted by Crippen LogP contribution is 2.15. The standard InChI is InChI=1S/C17H20N6O.HI/c1-2-18-17(20-11-15-7-4-8-24-15)19-10-13-5-3-6-14(9-13)16-21-12-22-23-16;/h3-9,12H,2,10-11H2,1H3,(H2,18,19,20)(H,21,22,23);1H. The molecule has 0 fully saturated rings. The van der Waals surface area contributed by atoms with E-state index in [0.29, 0.717) is 13.1 Å². The second-order valence-electron chi connectivity index (χ2n) is 5.16. The first-order chi connectivity index (χ1) is 11.8. The van der Waals surface area contributed by atoms with Crippen molar-refractivity contribution in [2.24, 2.45) is 4.99 Å². The van der Waals surface area contributed by atoms with Crippen molar-refractivity contribution >= 4 is 29.9 Å². The Kier molecular flexibility index (Phi) is 7.45. The molecule has 2 heterocycles. The second-order valence-corrected chi connectivity index (χ2v) is 5.16. The normalized spacial score (nSPS) is 11.0. The Hall–Kier alpha value is -2.36. The number of guanidine groups is 1. The smallest absolute Gasteiger partial charge is 0.191 e. The first kappa shape index (κ1) is 19.0. The molecule has 0 spiro atoms. The number of nitrogens with one attached hydrogen (secondary N) is 3. The molecule has 0 bridgehead atoms. The molecule has 0 unspecified atom stereocenters. The first-order valence-electron chi connectivity index (χ1n) is 7.84. The number of nitrogens with zero attached hydrogens (tertiary/aromatic N) is 3. The van der Waals surface area contributed by atoms with Crippen LogP contribution in [-0.2, 0) is 13.1 Å². The lowest BCUT2D eigenvalue weighted by atomic mass is 10.1. The monoisotopic (exact) mass is 452 g/mol. The van der Waals surface area contributed by atoms with Crippen LogP contribution < -0.4 is 10.6 Å². The predicted octanol–water partition coefficient (Wildman–Crippen LogP) is 2.94. The van der Waals surface area contributed by atoms with E-state index >= 15 is 0 Å². The van der Waals surface area contributed by atoms with Gasteiger partial charge in [0.05, 0.1) is 19.4 Å². The Morgan fingerprint density at radius 2 is 2.16 bits per heavy atom. The molecule has 0 atom stereocenters. The minimum atomic E-state index is 0. The predicted molar refractivity (Wildman–Crippen MR) is 108 cm³/mol. The van der Waals surface area contributed by atoms with Gasteiger partial charge in [-0.05, 0) is 30.7 Å². The van der Waals surface area contributed by atoms with E-state index in [-0.39, 0.29) is 24.0 Å². The molecule has 0 radical (unpaired) electrons. The molecule has 7 nitrogen and oxygen atoms in total. The number of hydrogen-bond acceptors (Lipinski definition) is 4. The fourth-order valence-electron chi connectivity index (χ4n) is 2.26. The minimum absolute atomic E-state index is 0. The van der Waals surface area contributed by atoms with Crippen molar-refractivity contribution < 1.29 is 4.42 Å².